The lowest BCUT2D eigenvalue weighted by atomic mass is 9.82. The molecular formula is C10H16N2O. The third kappa shape index (κ3) is 1.47. The van der Waals surface area contributed by atoms with Crippen molar-refractivity contribution in [2.24, 2.45) is 5.41 Å². The first-order valence-corrected chi connectivity index (χ1v) is 4.90. The Kier molecular flexibility index (Phi) is 1.90. The van der Waals surface area contributed by atoms with Gasteiger partial charge in [-0.3, -0.25) is 0 Å². The fourth-order valence-corrected chi connectivity index (χ4v) is 2.24. The van der Waals surface area contributed by atoms with Crippen LogP contribution in [0.25, 0.3) is 0 Å². The standard InChI is InChI=1S/C10H16N2O/c1-7-11-9(13-12-7)8-5-4-6-10(8,2)3/h8H,4-6H2,1-3H3. The summed E-state index contributed by atoms with van der Waals surface area (Å²) in [6, 6.07) is 0. The van der Waals surface area contributed by atoms with Crippen molar-refractivity contribution in [3.05, 3.63) is 11.7 Å². The summed E-state index contributed by atoms with van der Waals surface area (Å²) in [6.07, 6.45) is 3.73. The zero-order valence-electron chi connectivity index (χ0n) is 8.50. The molecule has 2 rings (SSSR count). The molecule has 0 saturated heterocycles. The highest BCUT2D eigenvalue weighted by atomic mass is 16.5. The maximum absolute atomic E-state index is 5.22. The summed E-state index contributed by atoms with van der Waals surface area (Å²) in [6.45, 7) is 6.43. The molecule has 1 heterocycles. The predicted molar refractivity (Wildman–Crippen MR) is 49.4 cm³/mol. The van der Waals surface area contributed by atoms with E-state index in [1.165, 1.54) is 19.3 Å². The molecule has 0 aromatic carbocycles. The largest absolute Gasteiger partial charge is 0.339 e. The first-order chi connectivity index (χ1) is 6.09. The van der Waals surface area contributed by atoms with Crippen LogP contribution in [-0.4, -0.2) is 10.1 Å². The summed E-state index contributed by atoms with van der Waals surface area (Å²) in [5.74, 6) is 2.05. The summed E-state index contributed by atoms with van der Waals surface area (Å²) in [7, 11) is 0. The molecular weight excluding hydrogens is 164 g/mol. The van der Waals surface area contributed by atoms with Crippen molar-refractivity contribution in [2.75, 3.05) is 0 Å². The molecule has 1 atom stereocenters. The summed E-state index contributed by atoms with van der Waals surface area (Å²) in [4.78, 5) is 4.31. The van der Waals surface area contributed by atoms with Gasteiger partial charge in [-0.2, -0.15) is 4.98 Å². The zero-order chi connectivity index (χ0) is 9.47. The van der Waals surface area contributed by atoms with Crippen LogP contribution in [0.2, 0.25) is 0 Å². The van der Waals surface area contributed by atoms with Gasteiger partial charge in [-0.25, -0.2) is 0 Å². The fraction of sp³-hybridized carbons (Fsp3) is 0.800. The molecule has 72 valence electrons. The second kappa shape index (κ2) is 2.82. The van der Waals surface area contributed by atoms with Crippen LogP contribution in [0.15, 0.2) is 4.52 Å². The van der Waals surface area contributed by atoms with Gasteiger partial charge in [0.25, 0.3) is 0 Å². The minimum absolute atomic E-state index is 0.332. The molecule has 0 amide bonds. The van der Waals surface area contributed by atoms with Gasteiger partial charge < -0.3 is 4.52 Å². The van der Waals surface area contributed by atoms with Crippen molar-refractivity contribution in [2.45, 2.75) is 46.0 Å². The maximum atomic E-state index is 5.22. The Bertz CT molecular complexity index is 304. The molecule has 3 nitrogen and oxygen atoms in total. The molecule has 13 heavy (non-hydrogen) atoms. The van der Waals surface area contributed by atoms with Crippen molar-refractivity contribution in [3.8, 4) is 0 Å². The number of hydrogen-bond donors (Lipinski definition) is 0. The van der Waals surface area contributed by atoms with Crippen LogP contribution < -0.4 is 0 Å². The topological polar surface area (TPSA) is 38.9 Å². The molecule has 0 aliphatic heterocycles. The van der Waals surface area contributed by atoms with E-state index in [0.717, 1.165) is 11.7 Å². The normalized spacial score (nSPS) is 26.5. The monoisotopic (exact) mass is 180 g/mol. The lowest BCUT2D eigenvalue weighted by Crippen LogP contribution is -2.15. The van der Waals surface area contributed by atoms with Gasteiger partial charge in [-0.05, 0) is 25.2 Å². The van der Waals surface area contributed by atoms with Gasteiger partial charge in [0.05, 0.1) is 0 Å². The molecule has 0 spiro atoms. The van der Waals surface area contributed by atoms with Crippen LogP contribution in [-0.2, 0) is 0 Å². The molecule has 1 unspecified atom stereocenters. The lowest BCUT2D eigenvalue weighted by molar-refractivity contribution is 0.260. The fourth-order valence-electron chi connectivity index (χ4n) is 2.24. The Morgan fingerprint density at radius 3 is 2.69 bits per heavy atom. The molecule has 1 aliphatic carbocycles. The first kappa shape index (κ1) is 8.73. The van der Waals surface area contributed by atoms with Gasteiger partial charge in [-0.15, -0.1) is 0 Å². The Morgan fingerprint density at radius 1 is 1.46 bits per heavy atom. The zero-order valence-corrected chi connectivity index (χ0v) is 8.50. The summed E-state index contributed by atoms with van der Waals surface area (Å²) in [5, 5.41) is 3.84. The minimum Gasteiger partial charge on any atom is -0.339 e. The van der Waals surface area contributed by atoms with E-state index >= 15 is 0 Å². The Balaban J connectivity index is 2.26. The molecule has 1 fully saturated rings. The highest BCUT2D eigenvalue weighted by Gasteiger charge is 2.38. The van der Waals surface area contributed by atoms with Gasteiger partial charge in [0.15, 0.2) is 5.82 Å². The molecule has 0 radical (unpaired) electrons. The van der Waals surface area contributed by atoms with Crippen molar-refractivity contribution in [1.82, 2.24) is 10.1 Å². The molecule has 3 heteroatoms. The lowest BCUT2D eigenvalue weighted by Gasteiger charge is -2.23. The number of nitrogens with zero attached hydrogens (tertiary/aromatic N) is 2. The van der Waals surface area contributed by atoms with Crippen molar-refractivity contribution < 1.29 is 4.52 Å². The third-order valence-electron chi connectivity index (χ3n) is 3.10. The van der Waals surface area contributed by atoms with Crippen molar-refractivity contribution >= 4 is 0 Å². The van der Waals surface area contributed by atoms with E-state index in [4.69, 9.17) is 4.52 Å². The van der Waals surface area contributed by atoms with Crippen LogP contribution in [0.1, 0.15) is 50.7 Å². The summed E-state index contributed by atoms with van der Waals surface area (Å²) < 4.78 is 5.22. The van der Waals surface area contributed by atoms with Crippen LogP contribution in [0.5, 0.6) is 0 Å². The Labute approximate surface area is 78.5 Å². The average molecular weight is 180 g/mol. The van der Waals surface area contributed by atoms with Gasteiger partial charge in [0.2, 0.25) is 5.89 Å². The second-order valence-electron chi connectivity index (χ2n) is 4.61. The first-order valence-electron chi connectivity index (χ1n) is 4.90. The molecule has 1 aromatic rings. The summed E-state index contributed by atoms with van der Waals surface area (Å²) in [5.41, 5.74) is 0.332. The Morgan fingerprint density at radius 2 is 2.23 bits per heavy atom. The molecule has 0 bridgehead atoms. The van der Waals surface area contributed by atoms with E-state index in [1.54, 1.807) is 0 Å². The number of aromatic nitrogens is 2. The van der Waals surface area contributed by atoms with Crippen molar-refractivity contribution in [1.29, 1.82) is 0 Å². The van der Waals surface area contributed by atoms with Crippen LogP contribution in [0.4, 0.5) is 0 Å². The quantitative estimate of drug-likeness (QED) is 0.667. The smallest absolute Gasteiger partial charge is 0.230 e. The number of aryl methyl sites for hydroxylation is 1. The Hall–Kier alpha value is -0.860. The van der Waals surface area contributed by atoms with Gasteiger partial charge in [0.1, 0.15) is 0 Å². The third-order valence-corrected chi connectivity index (χ3v) is 3.10. The minimum atomic E-state index is 0.332. The predicted octanol–water partition coefficient (Wildman–Crippen LogP) is 2.67. The molecule has 1 saturated carbocycles. The van der Waals surface area contributed by atoms with Gasteiger partial charge >= 0.3 is 0 Å². The van der Waals surface area contributed by atoms with Crippen LogP contribution in [0, 0.1) is 12.3 Å². The van der Waals surface area contributed by atoms with Gasteiger partial charge in [0, 0.05) is 5.92 Å². The molecule has 1 aromatic heterocycles. The average Bonchev–Trinajstić information content (AvgIpc) is 2.56. The highest BCUT2D eigenvalue weighted by Crippen LogP contribution is 2.48. The van der Waals surface area contributed by atoms with E-state index < -0.39 is 0 Å². The molecule has 0 N–H and O–H groups in total. The van der Waals surface area contributed by atoms with Gasteiger partial charge in [-0.1, -0.05) is 25.4 Å². The highest BCUT2D eigenvalue weighted by molar-refractivity contribution is 5.03. The van der Waals surface area contributed by atoms with E-state index in [-0.39, 0.29) is 0 Å². The van der Waals surface area contributed by atoms with E-state index in [9.17, 15) is 0 Å². The van der Waals surface area contributed by atoms with Crippen molar-refractivity contribution in [3.63, 3.8) is 0 Å². The van der Waals surface area contributed by atoms with E-state index in [2.05, 4.69) is 24.0 Å². The maximum Gasteiger partial charge on any atom is 0.230 e. The van der Waals surface area contributed by atoms with E-state index in [0.29, 0.717) is 11.3 Å². The van der Waals surface area contributed by atoms with E-state index in [1.807, 2.05) is 6.92 Å². The SMILES string of the molecule is Cc1noc(C2CCCC2(C)C)n1. The number of hydrogen-bond acceptors (Lipinski definition) is 3. The molecule has 1 aliphatic rings. The number of rotatable bonds is 1. The second-order valence-corrected chi connectivity index (χ2v) is 4.61. The van der Waals surface area contributed by atoms with Crippen LogP contribution >= 0.6 is 0 Å². The summed E-state index contributed by atoms with van der Waals surface area (Å²) >= 11 is 0. The van der Waals surface area contributed by atoms with Crippen LogP contribution in [0.3, 0.4) is 0 Å².